The molecule has 0 spiro atoms. The average molecular weight is 186 g/mol. The molecule has 0 aliphatic carbocycles. The number of carbonyl (C=O) groups is 1. The monoisotopic (exact) mass is 186 g/mol. The largest absolute Gasteiger partial charge is 0.355 e. The van der Waals surface area contributed by atoms with Crippen LogP contribution in [0.3, 0.4) is 0 Å². The van der Waals surface area contributed by atoms with E-state index in [-0.39, 0.29) is 11.9 Å². The number of hydrogen-bond donors (Lipinski definition) is 2. The second-order valence-corrected chi connectivity index (χ2v) is 3.84. The molecule has 0 radical (unpaired) electrons. The van der Waals surface area contributed by atoms with Gasteiger partial charge in [0.05, 0.1) is 6.04 Å². The van der Waals surface area contributed by atoms with Crippen molar-refractivity contribution in [1.29, 1.82) is 0 Å². The van der Waals surface area contributed by atoms with E-state index in [0.29, 0.717) is 12.3 Å². The molecule has 0 saturated heterocycles. The van der Waals surface area contributed by atoms with Crippen LogP contribution >= 0.6 is 0 Å². The highest BCUT2D eigenvalue weighted by molar-refractivity contribution is 5.81. The molecule has 0 aromatic carbocycles. The molecule has 3 nitrogen and oxygen atoms in total. The summed E-state index contributed by atoms with van der Waals surface area (Å²) in [5.41, 5.74) is 5.55. The predicted octanol–water partition coefficient (Wildman–Crippen LogP) is 1.28. The fourth-order valence-corrected chi connectivity index (χ4v) is 1.04. The first-order chi connectivity index (χ1) is 6.07. The molecular weight excluding hydrogens is 164 g/mol. The topological polar surface area (TPSA) is 55.1 Å². The van der Waals surface area contributed by atoms with Crippen LogP contribution in [0, 0.1) is 5.92 Å². The van der Waals surface area contributed by atoms with E-state index in [1.54, 1.807) is 0 Å². The predicted molar refractivity (Wildman–Crippen MR) is 55.3 cm³/mol. The van der Waals surface area contributed by atoms with Crippen LogP contribution in [0.25, 0.3) is 0 Å². The zero-order valence-corrected chi connectivity index (χ0v) is 8.97. The smallest absolute Gasteiger partial charge is 0.236 e. The summed E-state index contributed by atoms with van der Waals surface area (Å²) in [6.45, 7) is 7.03. The molecule has 13 heavy (non-hydrogen) atoms. The second-order valence-electron chi connectivity index (χ2n) is 3.84. The van der Waals surface area contributed by atoms with Gasteiger partial charge in [0, 0.05) is 6.54 Å². The van der Waals surface area contributed by atoms with Crippen molar-refractivity contribution >= 4 is 5.91 Å². The summed E-state index contributed by atoms with van der Waals surface area (Å²) >= 11 is 0. The Labute approximate surface area is 81.1 Å². The van der Waals surface area contributed by atoms with Crippen molar-refractivity contribution in [2.45, 2.75) is 46.1 Å². The van der Waals surface area contributed by atoms with Gasteiger partial charge in [-0.05, 0) is 25.2 Å². The lowest BCUT2D eigenvalue weighted by atomic mass is 10.1. The summed E-state index contributed by atoms with van der Waals surface area (Å²) in [5.74, 6) is 0.683. The molecule has 0 bridgehead atoms. The third kappa shape index (κ3) is 6.58. The van der Waals surface area contributed by atoms with Gasteiger partial charge < -0.3 is 11.1 Å². The fourth-order valence-electron chi connectivity index (χ4n) is 1.04. The Hall–Kier alpha value is -0.570. The lowest BCUT2D eigenvalue weighted by Crippen LogP contribution is -2.40. The lowest BCUT2D eigenvalue weighted by molar-refractivity contribution is -0.122. The summed E-state index contributed by atoms with van der Waals surface area (Å²) < 4.78 is 0. The molecule has 3 N–H and O–H groups in total. The van der Waals surface area contributed by atoms with E-state index in [1.807, 2.05) is 6.92 Å². The van der Waals surface area contributed by atoms with Crippen molar-refractivity contribution in [3.63, 3.8) is 0 Å². The maximum absolute atomic E-state index is 11.2. The van der Waals surface area contributed by atoms with E-state index in [4.69, 9.17) is 5.73 Å². The van der Waals surface area contributed by atoms with E-state index in [1.165, 1.54) is 0 Å². The quantitative estimate of drug-likeness (QED) is 0.614. The van der Waals surface area contributed by atoms with Crippen LogP contribution in [0.2, 0.25) is 0 Å². The van der Waals surface area contributed by atoms with Crippen LogP contribution in [0.1, 0.15) is 40.0 Å². The molecule has 0 fully saturated rings. The molecule has 0 heterocycles. The first-order valence-electron chi connectivity index (χ1n) is 5.11. The van der Waals surface area contributed by atoms with Crippen LogP contribution in [-0.4, -0.2) is 18.5 Å². The van der Waals surface area contributed by atoms with E-state index in [9.17, 15) is 4.79 Å². The van der Waals surface area contributed by atoms with Gasteiger partial charge in [0.2, 0.25) is 5.91 Å². The zero-order valence-electron chi connectivity index (χ0n) is 8.97. The van der Waals surface area contributed by atoms with Crippen molar-refractivity contribution in [2.24, 2.45) is 11.7 Å². The Morgan fingerprint density at radius 3 is 2.54 bits per heavy atom. The molecule has 0 aromatic rings. The summed E-state index contributed by atoms with van der Waals surface area (Å²) in [7, 11) is 0. The van der Waals surface area contributed by atoms with Crippen LogP contribution in [0.5, 0.6) is 0 Å². The van der Waals surface area contributed by atoms with Gasteiger partial charge in [0.25, 0.3) is 0 Å². The Balaban J connectivity index is 3.37. The van der Waals surface area contributed by atoms with E-state index in [2.05, 4.69) is 19.2 Å². The van der Waals surface area contributed by atoms with Gasteiger partial charge in [-0.2, -0.15) is 0 Å². The van der Waals surface area contributed by atoms with Crippen LogP contribution in [-0.2, 0) is 4.79 Å². The van der Waals surface area contributed by atoms with E-state index in [0.717, 1.165) is 19.4 Å². The number of rotatable bonds is 6. The van der Waals surface area contributed by atoms with Gasteiger partial charge in [0.1, 0.15) is 0 Å². The minimum absolute atomic E-state index is 0.0220. The van der Waals surface area contributed by atoms with Gasteiger partial charge in [-0.1, -0.05) is 20.8 Å². The summed E-state index contributed by atoms with van der Waals surface area (Å²) in [6.07, 6.45) is 2.90. The Bertz CT molecular complexity index is 146. The number of hydrogen-bond acceptors (Lipinski definition) is 2. The minimum Gasteiger partial charge on any atom is -0.355 e. The maximum atomic E-state index is 11.2. The van der Waals surface area contributed by atoms with Crippen LogP contribution in [0.15, 0.2) is 0 Å². The zero-order chi connectivity index (χ0) is 10.3. The summed E-state index contributed by atoms with van der Waals surface area (Å²) in [4.78, 5) is 11.2. The Kier molecular flexibility index (Phi) is 6.59. The molecule has 0 aliphatic heterocycles. The lowest BCUT2D eigenvalue weighted by Gasteiger charge is -2.10. The molecule has 0 rings (SSSR count). The fraction of sp³-hybridized carbons (Fsp3) is 0.900. The van der Waals surface area contributed by atoms with Crippen molar-refractivity contribution in [3.05, 3.63) is 0 Å². The van der Waals surface area contributed by atoms with Gasteiger partial charge in [0.15, 0.2) is 0 Å². The highest BCUT2D eigenvalue weighted by atomic mass is 16.2. The number of carbonyl (C=O) groups excluding carboxylic acids is 1. The molecule has 0 unspecified atom stereocenters. The molecule has 0 saturated carbocycles. The molecule has 1 atom stereocenters. The van der Waals surface area contributed by atoms with Crippen molar-refractivity contribution in [3.8, 4) is 0 Å². The van der Waals surface area contributed by atoms with Gasteiger partial charge >= 0.3 is 0 Å². The molecule has 1 amide bonds. The Morgan fingerprint density at radius 2 is 2.08 bits per heavy atom. The number of nitrogens with two attached hydrogens (primary N) is 1. The Morgan fingerprint density at radius 1 is 1.46 bits per heavy atom. The third-order valence-electron chi connectivity index (χ3n) is 2.03. The second kappa shape index (κ2) is 6.89. The highest BCUT2D eigenvalue weighted by Gasteiger charge is 2.08. The van der Waals surface area contributed by atoms with Gasteiger partial charge in [-0.25, -0.2) is 0 Å². The number of nitrogens with one attached hydrogen (secondary N) is 1. The van der Waals surface area contributed by atoms with Gasteiger partial charge in [-0.3, -0.25) is 4.79 Å². The average Bonchev–Trinajstić information content (AvgIpc) is 2.10. The first kappa shape index (κ1) is 12.4. The number of amides is 1. The normalized spacial score (nSPS) is 13.0. The molecule has 0 aliphatic rings. The standard InChI is InChI=1S/C10H22N2O/c1-4-9(11)10(13)12-7-5-6-8(2)3/h8-9H,4-7,11H2,1-3H3,(H,12,13)/t9-/m0/s1. The van der Waals surface area contributed by atoms with Crippen LogP contribution in [0.4, 0.5) is 0 Å². The molecule has 0 aromatic heterocycles. The van der Waals surface area contributed by atoms with Crippen molar-refractivity contribution in [1.82, 2.24) is 5.32 Å². The van der Waals surface area contributed by atoms with E-state index < -0.39 is 0 Å². The summed E-state index contributed by atoms with van der Waals surface area (Å²) in [5, 5.41) is 2.82. The maximum Gasteiger partial charge on any atom is 0.236 e. The summed E-state index contributed by atoms with van der Waals surface area (Å²) in [6, 6.07) is -0.334. The van der Waals surface area contributed by atoms with Gasteiger partial charge in [-0.15, -0.1) is 0 Å². The molecule has 3 heteroatoms. The van der Waals surface area contributed by atoms with Crippen LogP contribution < -0.4 is 11.1 Å². The minimum atomic E-state index is -0.334. The van der Waals surface area contributed by atoms with E-state index >= 15 is 0 Å². The SMILES string of the molecule is CC[C@H](N)C(=O)NCCCC(C)C. The van der Waals surface area contributed by atoms with Crippen molar-refractivity contribution in [2.75, 3.05) is 6.54 Å². The molecular formula is C10H22N2O. The third-order valence-corrected chi connectivity index (χ3v) is 2.03. The van der Waals surface area contributed by atoms with Crippen molar-refractivity contribution < 1.29 is 4.79 Å². The first-order valence-corrected chi connectivity index (χ1v) is 5.11. The molecule has 78 valence electrons. The highest BCUT2D eigenvalue weighted by Crippen LogP contribution is 2.01.